The van der Waals surface area contributed by atoms with Crippen molar-refractivity contribution >= 4 is 24.3 Å². The standard InChI is InChI=1S/C13H23NO3.ClH/c1-9-4-10(2)6-13(5-9,7-12(16)17)8-14-11(3)15;/h9-10H,4-8H2,1-3H3,(H,14,15)(H,16,17);1H/t9-,10+,13?;. The summed E-state index contributed by atoms with van der Waals surface area (Å²) in [7, 11) is 0. The van der Waals surface area contributed by atoms with Gasteiger partial charge in [-0.3, -0.25) is 9.59 Å². The summed E-state index contributed by atoms with van der Waals surface area (Å²) < 4.78 is 0. The smallest absolute Gasteiger partial charge is 0.303 e. The van der Waals surface area contributed by atoms with Crippen molar-refractivity contribution in [3.63, 3.8) is 0 Å². The molecule has 18 heavy (non-hydrogen) atoms. The van der Waals surface area contributed by atoms with Crippen molar-refractivity contribution in [3.05, 3.63) is 0 Å². The molecule has 0 aromatic carbocycles. The molecule has 1 unspecified atom stereocenters. The van der Waals surface area contributed by atoms with Gasteiger partial charge >= 0.3 is 5.97 Å². The van der Waals surface area contributed by atoms with Gasteiger partial charge in [0.1, 0.15) is 0 Å². The van der Waals surface area contributed by atoms with Crippen LogP contribution in [0.15, 0.2) is 0 Å². The summed E-state index contributed by atoms with van der Waals surface area (Å²) in [6, 6.07) is 0. The Bertz CT molecular complexity index is 297. The van der Waals surface area contributed by atoms with Crippen LogP contribution in [0.1, 0.15) is 46.5 Å². The molecule has 0 heterocycles. The third kappa shape index (κ3) is 5.25. The van der Waals surface area contributed by atoms with Crippen molar-refractivity contribution in [1.29, 1.82) is 0 Å². The second-order valence-electron chi connectivity index (χ2n) is 5.83. The zero-order valence-corrected chi connectivity index (χ0v) is 12.2. The van der Waals surface area contributed by atoms with Crippen LogP contribution >= 0.6 is 12.4 Å². The highest BCUT2D eigenvalue weighted by atomic mass is 35.5. The minimum absolute atomic E-state index is 0. The third-order valence-corrected chi connectivity index (χ3v) is 3.61. The lowest BCUT2D eigenvalue weighted by molar-refractivity contribution is -0.141. The normalized spacial score (nSPS) is 31.3. The number of hydrogen-bond donors (Lipinski definition) is 2. The number of halogens is 1. The molecule has 106 valence electrons. The molecular weight excluding hydrogens is 254 g/mol. The zero-order chi connectivity index (χ0) is 13.1. The number of carboxylic acid groups (broad SMARTS) is 1. The molecule has 0 aromatic rings. The van der Waals surface area contributed by atoms with E-state index < -0.39 is 5.97 Å². The number of nitrogens with one attached hydrogen (secondary N) is 1. The van der Waals surface area contributed by atoms with E-state index in [2.05, 4.69) is 19.2 Å². The fraction of sp³-hybridized carbons (Fsp3) is 0.846. The zero-order valence-electron chi connectivity index (χ0n) is 11.4. The summed E-state index contributed by atoms with van der Waals surface area (Å²) in [6.07, 6.45) is 3.09. The first-order chi connectivity index (χ1) is 7.83. The van der Waals surface area contributed by atoms with Crippen LogP contribution in [0.4, 0.5) is 0 Å². The maximum absolute atomic E-state index is 11.0. The highest BCUT2D eigenvalue weighted by Gasteiger charge is 2.39. The first-order valence-electron chi connectivity index (χ1n) is 6.29. The number of hydrogen-bond acceptors (Lipinski definition) is 2. The molecule has 0 spiro atoms. The lowest BCUT2D eigenvalue weighted by atomic mass is 9.64. The van der Waals surface area contributed by atoms with Gasteiger partial charge in [-0.2, -0.15) is 0 Å². The Morgan fingerprint density at radius 1 is 1.28 bits per heavy atom. The predicted octanol–water partition coefficient (Wildman–Crippen LogP) is 2.46. The van der Waals surface area contributed by atoms with Gasteiger partial charge in [0.25, 0.3) is 0 Å². The van der Waals surface area contributed by atoms with Gasteiger partial charge in [-0.1, -0.05) is 13.8 Å². The summed E-state index contributed by atoms with van der Waals surface area (Å²) in [5, 5.41) is 11.9. The number of amides is 1. The second kappa shape index (κ2) is 6.98. The number of aliphatic carboxylic acids is 1. The van der Waals surface area contributed by atoms with Crippen molar-refractivity contribution in [2.45, 2.75) is 46.5 Å². The van der Waals surface area contributed by atoms with Crippen molar-refractivity contribution in [1.82, 2.24) is 5.32 Å². The van der Waals surface area contributed by atoms with Gasteiger partial charge in [0.05, 0.1) is 6.42 Å². The van der Waals surface area contributed by atoms with E-state index in [-0.39, 0.29) is 30.2 Å². The van der Waals surface area contributed by atoms with E-state index in [4.69, 9.17) is 5.11 Å². The van der Waals surface area contributed by atoms with Crippen LogP contribution < -0.4 is 5.32 Å². The van der Waals surface area contributed by atoms with Gasteiger partial charge in [-0.15, -0.1) is 12.4 Å². The Morgan fingerprint density at radius 2 is 1.78 bits per heavy atom. The van der Waals surface area contributed by atoms with Gasteiger partial charge in [-0.05, 0) is 36.5 Å². The summed E-state index contributed by atoms with van der Waals surface area (Å²) >= 11 is 0. The molecule has 1 rings (SSSR count). The van der Waals surface area contributed by atoms with Crippen LogP contribution in [0, 0.1) is 17.3 Å². The van der Waals surface area contributed by atoms with E-state index in [9.17, 15) is 9.59 Å². The van der Waals surface area contributed by atoms with E-state index in [1.807, 2.05) is 0 Å². The first-order valence-corrected chi connectivity index (χ1v) is 6.29. The Morgan fingerprint density at radius 3 is 2.17 bits per heavy atom. The maximum Gasteiger partial charge on any atom is 0.303 e. The second-order valence-corrected chi connectivity index (χ2v) is 5.83. The Kier molecular flexibility index (Phi) is 6.68. The van der Waals surface area contributed by atoms with Crippen molar-refractivity contribution < 1.29 is 14.7 Å². The quantitative estimate of drug-likeness (QED) is 0.829. The Hall–Kier alpha value is -0.770. The van der Waals surface area contributed by atoms with Gasteiger partial charge in [-0.25, -0.2) is 0 Å². The molecule has 1 amide bonds. The molecule has 2 N–H and O–H groups in total. The first kappa shape index (κ1) is 17.2. The topological polar surface area (TPSA) is 66.4 Å². The lowest BCUT2D eigenvalue weighted by Crippen LogP contribution is -2.43. The average Bonchev–Trinajstić information content (AvgIpc) is 2.11. The lowest BCUT2D eigenvalue weighted by Gasteiger charge is -2.42. The summed E-state index contributed by atoms with van der Waals surface area (Å²) in [5.74, 6) is 0.219. The van der Waals surface area contributed by atoms with Crippen molar-refractivity contribution in [2.24, 2.45) is 17.3 Å². The minimum Gasteiger partial charge on any atom is -0.481 e. The van der Waals surface area contributed by atoms with Crippen molar-refractivity contribution in [3.8, 4) is 0 Å². The maximum atomic E-state index is 11.0. The third-order valence-electron chi connectivity index (χ3n) is 3.61. The Balaban J connectivity index is 0.00000289. The predicted molar refractivity (Wildman–Crippen MR) is 72.8 cm³/mol. The van der Waals surface area contributed by atoms with Crippen LogP contribution in [-0.4, -0.2) is 23.5 Å². The molecule has 1 aliphatic carbocycles. The molecule has 1 saturated carbocycles. The number of rotatable bonds is 4. The van der Waals surface area contributed by atoms with Crippen molar-refractivity contribution in [2.75, 3.05) is 6.54 Å². The van der Waals surface area contributed by atoms with E-state index >= 15 is 0 Å². The van der Waals surface area contributed by atoms with Gasteiger partial charge in [0.15, 0.2) is 0 Å². The molecule has 0 aliphatic heterocycles. The largest absolute Gasteiger partial charge is 0.481 e. The molecule has 4 nitrogen and oxygen atoms in total. The average molecular weight is 278 g/mol. The van der Waals surface area contributed by atoms with Crippen LogP contribution in [0.25, 0.3) is 0 Å². The van der Waals surface area contributed by atoms with Crippen LogP contribution in [0.3, 0.4) is 0 Å². The van der Waals surface area contributed by atoms with Crippen LogP contribution in [0.2, 0.25) is 0 Å². The molecule has 3 atom stereocenters. The summed E-state index contributed by atoms with van der Waals surface area (Å²) in [6.45, 7) is 6.30. The monoisotopic (exact) mass is 277 g/mol. The summed E-state index contributed by atoms with van der Waals surface area (Å²) in [4.78, 5) is 22.0. The van der Waals surface area contributed by atoms with Gasteiger partial charge in [0.2, 0.25) is 5.91 Å². The molecular formula is C13H24ClNO3. The molecule has 0 bridgehead atoms. The molecule has 0 aromatic heterocycles. The molecule has 0 saturated heterocycles. The van der Waals surface area contributed by atoms with E-state index in [0.29, 0.717) is 18.4 Å². The van der Waals surface area contributed by atoms with E-state index in [1.165, 1.54) is 6.92 Å². The molecule has 1 aliphatic rings. The molecule has 5 heteroatoms. The number of carboxylic acids is 1. The Labute approximate surface area is 115 Å². The summed E-state index contributed by atoms with van der Waals surface area (Å²) in [5.41, 5.74) is -0.255. The highest BCUT2D eigenvalue weighted by molar-refractivity contribution is 5.85. The van der Waals surface area contributed by atoms with E-state index in [0.717, 1.165) is 19.3 Å². The molecule has 0 radical (unpaired) electrons. The molecule has 1 fully saturated rings. The highest BCUT2D eigenvalue weighted by Crippen LogP contribution is 2.44. The van der Waals surface area contributed by atoms with E-state index in [1.54, 1.807) is 0 Å². The minimum atomic E-state index is -0.767. The number of carbonyl (C=O) groups is 2. The van der Waals surface area contributed by atoms with Crippen LogP contribution in [-0.2, 0) is 9.59 Å². The fourth-order valence-electron chi connectivity index (χ4n) is 3.40. The fourth-order valence-corrected chi connectivity index (χ4v) is 3.40. The van der Waals surface area contributed by atoms with Crippen LogP contribution in [0.5, 0.6) is 0 Å². The van der Waals surface area contributed by atoms with Gasteiger partial charge in [0, 0.05) is 13.5 Å². The SMILES string of the molecule is CC(=O)NCC1(CC(=O)O)C[C@H](C)C[C@H](C)C1.Cl. The number of carbonyl (C=O) groups excluding carboxylic acids is 1. The van der Waals surface area contributed by atoms with Gasteiger partial charge < -0.3 is 10.4 Å².